The molecule has 0 aliphatic rings. The maximum atomic E-state index is 9.55. The number of fused-ring (bicyclic) bond motifs is 1. The van der Waals surface area contributed by atoms with Crippen LogP contribution in [0.3, 0.4) is 0 Å². The molecule has 10 heteroatoms. The first-order valence-electron chi connectivity index (χ1n) is 14.6. The van der Waals surface area contributed by atoms with Gasteiger partial charge in [-0.25, -0.2) is 9.59 Å². The molecule has 2 heterocycles. The molecule has 3 N–H and O–H groups in total. The Hall–Kier alpha value is -3.86. The van der Waals surface area contributed by atoms with E-state index in [2.05, 4.69) is 106 Å². The second-order valence-corrected chi connectivity index (χ2v) is 13.0. The Morgan fingerprint density at radius 2 is 1.66 bits per heavy atom. The van der Waals surface area contributed by atoms with E-state index in [0.29, 0.717) is 24.1 Å². The van der Waals surface area contributed by atoms with Crippen molar-refractivity contribution in [3.8, 4) is 0 Å². The fraction of sp³-hybridized carbons (Fsp3) is 0.353. The molecule has 0 aliphatic carbocycles. The third-order valence-corrected chi connectivity index (χ3v) is 8.63. The summed E-state index contributed by atoms with van der Waals surface area (Å²) in [5, 5.41) is 24.9. The summed E-state index contributed by atoms with van der Waals surface area (Å²) >= 11 is 7.61. The fourth-order valence-electron chi connectivity index (χ4n) is 4.55. The molecule has 2 aromatic heterocycles. The molecule has 0 unspecified atom stereocenters. The summed E-state index contributed by atoms with van der Waals surface area (Å²) in [5.74, 6) is -1.99. The maximum Gasteiger partial charge on any atom is 0.328 e. The number of hydrogen-bond donors (Lipinski definition) is 3. The second kappa shape index (κ2) is 16.3. The van der Waals surface area contributed by atoms with E-state index in [4.69, 9.17) is 22.4 Å². The van der Waals surface area contributed by atoms with Crippen molar-refractivity contribution >= 4 is 56.3 Å². The summed E-state index contributed by atoms with van der Waals surface area (Å²) in [6, 6.07) is 15.6. The number of thiocarbonyl (C=S) groups is 1. The zero-order valence-electron chi connectivity index (χ0n) is 26.2. The number of likely N-dealkylation sites (N-methyl/N-ethyl adjacent to an activating group) is 1. The molecule has 0 fully saturated rings. The molecule has 0 saturated heterocycles. The zero-order valence-corrected chi connectivity index (χ0v) is 27.8. The Morgan fingerprint density at radius 1 is 1.02 bits per heavy atom. The Kier molecular flexibility index (Phi) is 12.8. The third-order valence-electron chi connectivity index (χ3n) is 7.17. The van der Waals surface area contributed by atoms with E-state index < -0.39 is 11.9 Å². The highest BCUT2D eigenvalue weighted by Crippen LogP contribution is 2.33. The van der Waals surface area contributed by atoms with Crippen molar-refractivity contribution in [1.29, 1.82) is 0 Å². The lowest BCUT2D eigenvalue weighted by molar-refractivity contribution is -0.134. The van der Waals surface area contributed by atoms with Crippen LogP contribution in [0.1, 0.15) is 66.8 Å². The fourth-order valence-corrected chi connectivity index (χ4v) is 5.90. The van der Waals surface area contributed by atoms with Crippen molar-refractivity contribution in [2.24, 2.45) is 0 Å². The van der Waals surface area contributed by atoms with E-state index in [1.165, 1.54) is 31.7 Å². The van der Waals surface area contributed by atoms with E-state index in [9.17, 15) is 9.59 Å². The first-order valence-corrected chi connectivity index (χ1v) is 15.8. The molecule has 234 valence electrons. The van der Waals surface area contributed by atoms with E-state index in [1.807, 2.05) is 22.2 Å². The van der Waals surface area contributed by atoms with Crippen LogP contribution >= 0.6 is 23.6 Å². The van der Waals surface area contributed by atoms with Gasteiger partial charge >= 0.3 is 11.9 Å². The number of benzene rings is 2. The summed E-state index contributed by atoms with van der Waals surface area (Å²) in [6.07, 6.45) is 7.35. The molecule has 0 radical (unpaired) electrons. The first kappa shape index (κ1) is 34.6. The van der Waals surface area contributed by atoms with Crippen LogP contribution < -0.4 is 5.32 Å². The summed E-state index contributed by atoms with van der Waals surface area (Å²) in [5.41, 5.74) is 6.19. The molecule has 0 amide bonds. The Morgan fingerprint density at radius 3 is 2.23 bits per heavy atom. The van der Waals surface area contributed by atoms with Crippen LogP contribution in [0.4, 0.5) is 5.69 Å². The Bertz CT molecular complexity index is 1590. The molecule has 4 rings (SSSR count). The Labute approximate surface area is 269 Å². The summed E-state index contributed by atoms with van der Waals surface area (Å²) in [7, 11) is 2.22. The lowest BCUT2D eigenvalue weighted by atomic mass is 10.0. The van der Waals surface area contributed by atoms with Crippen LogP contribution in [-0.2, 0) is 22.4 Å². The standard InChI is InChI=1S/C30H38N4S2.C4H4O4/c1-20(2)24-7-9-25(10-8-24)30(35)32-26-11-12-29-28(17-26)27(22(5)36-29)14-16-33(6)15-13-23-18-31-34(19-23)21(3)4;5-3(6)1-2-4(7)8/h7-12,17-21H,13-16H2,1-6H3,(H,32,35);1-2H,(H,5,6)(H,7,8). The number of aryl methyl sites for hydroxylation is 1. The number of carboxylic acids is 2. The highest BCUT2D eigenvalue weighted by Gasteiger charge is 2.12. The van der Waals surface area contributed by atoms with Crippen molar-refractivity contribution < 1.29 is 19.8 Å². The van der Waals surface area contributed by atoms with E-state index in [-0.39, 0.29) is 0 Å². The molecule has 0 aliphatic heterocycles. The number of carboxylic acid groups (broad SMARTS) is 2. The average Bonchev–Trinajstić information content (AvgIpc) is 3.58. The van der Waals surface area contributed by atoms with Crippen LogP contribution in [0.25, 0.3) is 10.1 Å². The average molecular weight is 635 g/mol. The summed E-state index contributed by atoms with van der Waals surface area (Å²) in [4.78, 5) is 23.7. The number of anilines is 1. The van der Waals surface area contributed by atoms with Crippen LogP contribution in [0, 0.1) is 6.92 Å². The van der Waals surface area contributed by atoms with E-state index in [1.54, 1.807) is 0 Å². The second-order valence-electron chi connectivity index (χ2n) is 11.3. The van der Waals surface area contributed by atoms with Gasteiger partial charge in [0.15, 0.2) is 0 Å². The van der Waals surface area contributed by atoms with Gasteiger partial charge in [-0.15, -0.1) is 11.3 Å². The molecular weight excluding hydrogens is 593 g/mol. The Balaban J connectivity index is 0.000000583. The lowest BCUT2D eigenvalue weighted by Crippen LogP contribution is -2.23. The number of hydrogen-bond acceptors (Lipinski definition) is 6. The number of nitrogens with zero attached hydrogens (tertiary/aromatic N) is 3. The van der Waals surface area contributed by atoms with E-state index >= 15 is 0 Å². The topological polar surface area (TPSA) is 108 Å². The summed E-state index contributed by atoms with van der Waals surface area (Å²) in [6.45, 7) is 13.0. The van der Waals surface area contributed by atoms with Crippen molar-refractivity contribution in [3.63, 3.8) is 0 Å². The van der Waals surface area contributed by atoms with Crippen molar-refractivity contribution in [2.75, 3.05) is 25.5 Å². The molecule has 4 aromatic rings. The smallest absolute Gasteiger partial charge is 0.328 e. The minimum absolute atomic E-state index is 0.408. The maximum absolute atomic E-state index is 9.55. The quantitative estimate of drug-likeness (QED) is 0.110. The minimum atomic E-state index is -1.26. The largest absolute Gasteiger partial charge is 0.478 e. The normalized spacial score (nSPS) is 11.4. The molecular formula is C34H42N4O4S2. The molecule has 2 aromatic carbocycles. The van der Waals surface area contributed by atoms with Gasteiger partial charge in [-0.2, -0.15) is 5.10 Å². The first-order chi connectivity index (χ1) is 20.8. The van der Waals surface area contributed by atoms with Crippen molar-refractivity contribution in [1.82, 2.24) is 14.7 Å². The number of nitrogens with one attached hydrogen (secondary N) is 1. The predicted octanol–water partition coefficient (Wildman–Crippen LogP) is 7.33. The van der Waals surface area contributed by atoms with Gasteiger partial charge in [-0.1, -0.05) is 50.3 Å². The van der Waals surface area contributed by atoms with Crippen molar-refractivity contribution in [3.05, 3.63) is 94.1 Å². The van der Waals surface area contributed by atoms with Gasteiger partial charge < -0.3 is 20.4 Å². The van der Waals surface area contributed by atoms with Crippen LogP contribution in [-0.4, -0.2) is 62.0 Å². The van der Waals surface area contributed by atoms with Crippen LogP contribution in [0.2, 0.25) is 0 Å². The number of aliphatic carboxylic acids is 2. The van der Waals surface area contributed by atoms with Crippen molar-refractivity contribution in [2.45, 2.75) is 59.4 Å². The molecule has 0 atom stereocenters. The van der Waals surface area contributed by atoms with E-state index in [0.717, 1.165) is 42.2 Å². The SMILES string of the molecule is Cc1sc2ccc(NC(=S)c3ccc(C(C)C)cc3)cc2c1CCN(C)CCc1cnn(C(C)C)c1.O=C(O)C=CC(=O)O. The van der Waals surface area contributed by atoms with Gasteiger partial charge in [0.25, 0.3) is 0 Å². The van der Waals surface area contributed by atoms with Gasteiger partial charge in [0.1, 0.15) is 4.99 Å². The number of aromatic nitrogens is 2. The molecule has 8 nitrogen and oxygen atoms in total. The predicted molar refractivity (Wildman–Crippen MR) is 184 cm³/mol. The summed E-state index contributed by atoms with van der Waals surface area (Å²) < 4.78 is 3.37. The van der Waals surface area contributed by atoms with Crippen LogP contribution in [0.5, 0.6) is 0 Å². The number of rotatable bonds is 12. The van der Waals surface area contributed by atoms with Crippen LogP contribution in [0.15, 0.2) is 67.0 Å². The molecule has 0 spiro atoms. The minimum Gasteiger partial charge on any atom is -0.478 e. The highest BCUT2D eigenvalue weighted by atomic mass is 32.1. The molecule has 0 bridgehead atoms. The van der Waals surface area contributed by atoms with Gasteiger partial charge in [-0.05, 0) is 86.9 Å². The van der Waals surface area contributed by atoms with Gasteiger partial charge in [0.05, 0.1) is 6.20 Å². The third kappa shape index (κ3) is 10.4. The van der Waals surface area contributed by atoms with Gasteiger partial charge in [-0.3, -0.25) is 4.68 Å². The number of thiophene rings is 1. The van der Waals surface area contributed by atoms with Gasteiger partial charge in [0.2, 0.25) is 0 Å². The monoisotopic (exact) mass is 634 g/mol. The van der Waals surface area contributed by atoms with Gasteiger partial charge in [0, 0.05) is 58.3 Å². The highest BCUT2D eigenvalue weighted by molar-refractivity contribution is 7.81. The lowest BCUT2D eigenvalue weighted by Gasteiger charge is -2.16. The molecule has 44 heavy (non-hydrogen) atoms. The molecule has 0 saturated carbocycles. The zero-order chi connectivity index (χ0) is 32.4. The number of carbonyl (C=O) groups is 2.